The van der Waals surface area contributed by atoms with Crippen LogP contribution in [0, 0.1) is 0 Å². The van der Waals surface area contributed by atoms with Gasteiger partial charge in [0.25, 0.3) is 0 Å². The van der Waals surface area contributed by atoms with Gasteiger partial charge in [-0.15, -0.1) is 0 Å². The van der Waals surface area contributed by atoms with Crippen molar-refractivity contribution in [2.75, 3.05) is 51.3 Å². The smallest absolute Gasteiger partial charge is 0.222 e. The van der Waals surface area contributed by atoms with Crippen LogP contribution in [0.3, 0.4) is 0 Å². The molecule has 2 aliphatic rings. The summed E-state index contributed by atoms with van der Waals surface area (Å²) in [7, 11) is 2.04. The van der Waals surface area contributed by atoms with E-state index < -0.39 is 5.60 Å². The first-order chi connectivity index (χ1) is 16.0. The lowest BCUT2D eigenvalue weighted by atomic mass is 9.92. The van der Waals surface area contributed by atoms with Gasteiger partial charge in [-0.1, -0.05) is 12.1 Å². The quantitative estimate of drug-likeness (QED) is 0.553. The second-order valence-electron chi connectivity index (χ2n) is 9.32. The summed E-state index contributed by atoms with van der Waals surface area (Å²) in [5, 5.41) is 11.2. The Morgan fingerprint density at radius 3 is 2.76 bits per heavy atom. The van der Waals surface area contributed by atoms with E-state index in [2.05, 4.69) is 31.9 Å². The average molecular weight is 454 g/mol. The van der Waals surface area contributed by atoms with E-state index in [4.69, 9.17) is 4.74 Å². The topological polar surface area (TPSA) is 82.0 Å². The van der Waals surface area contributed by atoms with E-state index in [0.29, 0.717) is 26.1 Å². The Kier molecular flexibility index (Phi) is 7.77. The lowest BCUT2D eigenvalue weighted by molar-refractivity contribution is -0.127. The zero-order valence-electron chi connectivity index (χ0n) is 19.5. The number of anilines is 1. The highest BCUT2D eigenvalue weighted by molar-refractivity contribution is 5.77. The first kappa shape index (κ1) is 23.4. The maximum Gasteiger partial charge on any atom is 0.222 e. The van der Waals surface area contributed by atoms with E-state index in [9.17, 15) is 9.90 Å². The van der Waals surface area contributed by atoms with Crippen LogP contribution in [0.2, 0.25) is 0 Å². The van der Waals surface area contributed by atoms with Gasteiger partial charge in [0.15, 0.2) is 0 Å². The molecule has 0 spiro atoms. The van der Waals surface area contributed by atoms with Crippen molar-refractivity contribution in [2.24, 2.45) is 0 Å². The Morgan fingerprint density at radius 2 is 2.03 bits per heavy atom. The standard InChI is InChI=1S/C25H35N5O3/c1-28(19-25(32)10-3-14-30(20-25)23-17-26-11-12-27-23)18-21-6-8-22(9-7-21)33-16-4-15-29-13-2-5-24(29)31/h6-9,11-12,17,32H,2-5,10,13-16,18-20H2,1H3/t25-/m1/s1. The largest absolute Gasteiger partial charge is 0.494 e. The number of hydrogen-bond donors (Lipinski definition) is 1. The number of aromatic nitrogens is 2. The average Bonchev–Trinajstić information content (AvgIpc) is 3.22. The maximum atomic E-state index is 11.6. The van der Waals surface area contributed by atoms with Crippen LogP contribution < -0.4 is 9.64 Å². The zero-order chi connectivity index (χ0) is 23.1. The number of likely N-dealkylation sites (tertiary alicyclic amines) is 1. The summed E-state index contributed by atoms with van der Waals surface area (Å²) < 4.78 is 5.84. The van der Waals surface area contributed by atoms with Crippen LogP contribution in [-0.2, 0) is 11.3 Å². The molecular formula is C25H35N5O3. The number of carbonyl (C=O) groups is 1. The van der Waals surface area contributed by atoms with Crippen LogP contribution >= 0.6 is 0 Å². The van der Waals surface area contributed by atoms with E-state index in [1.165, 1.54) is 5.56 Å². The summed E-state index contributed by atoms with van der Waals surface area (Å²) in [4.78, 5) is 26.4. The number of benzene rings is 1. The molecule has 0 bridgehead atoms. The highest BCUT2D eigenvalue weighted by Crippen LogP contribution is 2.26. The Balaban J connectivity index is 1.21. The number of rotatable bonds is 10. The van der Waals surface area contributed by atoms with E-state index >= 15 is 0 Å². The zero-order valence-corrected chi connectivity index (χ0v) is 19.5. The molecule has 3 heterocycles. The molecule has 178 valence electrons. The number of hydrogen-bond acceptors (Lipinski definition) is 7. The lowest BCUT2D eigenvalue weighted by Crippen LogP contribution is -2.54. The molecule has 2 saturated heterocycles. The number of amides is 1. The Morgan fingerprint density at radius 1 is 1.18 bits per heavy atom. The number of likely N-dealkylation sites (N-methyl/N-ethyl adjacent to an activating group) is 1. The summed E-state index contributed by atoms with van der Waals surface area (Å²) >= 11 is 0. The molecule has 0 saturated carbocycles. The van der Waals surface area contributed by atoms with E-state index in [1.807, 2.05) is 24.1 Å². The van der Waals surface area contributed by atoms with Gasteiger partial charge in [0.2, 0.25) is 5.91 Å². The van der Waals surface area contributed by atoms with Crippen LogP contribution in [0.5, 0.6) is 5.75 Å². The monoisotopic (exact) mass is 453 g/mol. The van der Waals surface area contributed by atoms with Crippen molar-refractivity contribution < 1.29 is 14.6 Å². The van der Waals surface area contributed by atoms with Gasteiger partial charge in [0.05, 0.1) is 18.4 Å². The van der Waals surface area contributed by atoms with Crippen LogP contribution in [0.1, 0.15) is 37.7 Å². The van der Waals surface area contributed by atoms with E-state index in [0.717, 1.165) is 63.4 Å². The highest BCUT2D eigenvalue weighted by Gasteiger charge is 2.34. The molecule has 4 rings (SSSR count). The van der Waals surface area contributed by atoms with Crippen molar-refractivity contribution in [3.8, 4) is 5.75 Å². The molecule has 1 aromatic carbocycles. The Bertz CT molecular complexity index is 895. The van der Waals surface area contributed by atoms with Gasteiger partial charge in [-0.25, -0.2) is 4.98 Å². The summed E-state index contributed by atoms with van der Waals surface area (Å²) in [6, 6.07) is 8.14. The van der Waals surface area contributed by atoms with Crippen molar-refractivity contribution in [1.82, 2.24) is 19.8 Å². The molecule has 0 aliphatic carbocycles. The van der Waals surface area contributed by atoms with Gasteiger partial charge in [-0.05, 0) is 50.4 Å². The summed E-state index contributed by atoms with van der Waals surface area (Å²) in [5.74, 6) is 1.93. The number of piperidine rings is 1. The number of ether oxygens (including phenoxy) is 1. The molecule has 8 nitrogen and oxygen atoms in total. The molecule has 8 heteroatoms. The van der Waals surface area contributed by atoms with Crippen LogP contribution in [-0.4, -0.2) is 82.8 Å². The Labute approximate surface area is 196 Å². The molecular weight excluding hydrogens is 418 g/mol. The third-order valence-corrected chi connectivity index (χ3v) is 6.38. The van der Waals surface area contributed by atoms with E-state index in [1.54, 1.807) is 18.6 Å². The molecule has 2 aliphatic heterocycles. The maximum absolute atomic E-state index is 11.6. The fraction of sp³-hybridized carbons (Fsp3) is 0.560. The molecule has 33 heavy (non-hydrogen) atoms. The van der Waals surface area contributed by atoms with Gasteiger partial charge >= 0.3 is 0 Å². The number of β-amino-alcohol motifs (C(OH)–C–C–N with tert-alkyl or cyclic N) is 1. The number of nitrogens with zero attached hydrogens (tertiary/aromatic N) is 5. The predicted molar refractivity (Wildman–Crippen MR) is 127 cm³/mol. The van der Waals surface area contributed by atoms with E-state index in [-0.39, 0.29) is 5.91 Å². The molecule has 1 N–H and O–H groups in total. The number of aliphatic hydroxyl groups is 1. The fourth-order valence-corrected chi connectivity index (χ4v) is 4.84. The third-order valence-electron chi connectivity index (χ3n) is 6.38. The van der Waals surface area contributed by atoms with Crippen molar-refractivity contribution in [1.29, 1.82) is 0 Å². The van der Waals surface area contributed by atoms with Crippen molar-refractivity contribution in [3.05, 3.63) is 48.4 Å². The van der Waals surface area contributed by atoms with Gasteiger partial charge < -0.3 is 19.6 Å². The molecule has 1 amide bonds. The van der Waals surface area contributed by atoms with Crippen molar-refractivity contribution in [3.63, 3.8) is 0 Å². The van der Waals surface area contributed by atoms with Crippen molar-refractivity contribution >= 4 is 11.7 Å². The van der Waals surface area contributed by atoms with Gasteiger partial charge in [-0.2, -0.15) is 0 Å². The van der Waals surface area contributed by atoms with Crippen LogP contribution in [0.4, 0.5) is 5.82 Å². The van der Waals surface area contributed by atoms with Crippen LogP contribution in [0.25, 0.3) is 0 Å². The minimum Gasteiger partial charge on any atom is -0.494 e. The molecule has 1 aromatic heterocycles. The van der Waals surface area contributed by atoms with Gasteiger partial charge in [0, 0.05) is 58.1 Å². The second kappa shape index (κ2) is 10.9. The fourth-order valence-electron chi connectivity index (χ4n) is 4.84. The predicted octanol–water partition coefficient (Wildman–Crippen LogP) is 2.33. The second-order valence-corrected chi connectivity index (χ2v) is 9.32. The minimum absolute atomic E-state index is 0.266. The summed E-state index contributed by atoms with van der Waals surface area (Å²) in [6.07, 6.45) is 9.34. The minimum atomic E-state index is -0.774. The first-order valence-corrected chi connectivity index (χ1v) is 11.9. The molecule has 0 unspecified atom stereocenters. The normalized spacial score (nSPS) is 21.1. The van der Waals surface area contributed by atoms with Gasteiger partial charge in [0.1, 0.15) is 11.6 Å². The Hall–Kier alpha value is -2.71. The van der Waals surface area contributed by atoms with Crippen LogP contribution in [0.15, 0.2) is 42.9 Å². The third kappa shape index (κ3) is 6.65. The first-order valence-electron chi connectivity index (χ1n) is 11.9. The molecule has 2 aromatic rings. The summed E-state index contributed by atoms with van der Waals surface area (Å²) in [5.41, 5.74) is 0.405. The summed E-state index contributed by atoms with van der Waals surface area (Å²) in [6.45, 7) is 5.07. The van der Waals surface area contributed by atoms with Crippen molar-refractivity contribution in [2.45, 2.75) is 44.2 Å². The lowest BCUT2D eigenvalue weighted by Gasteiger charge is -2.41. The van der Waals surface area contributed by atoms with Gasteiger partial charge in [-0.3, -0.25) is 14.7 Å². The number of carbonyl (C=O) groups excluding carboxylic acids is 1. The highest BCUT2D eigenvalue weighted by atomic mass is 16.5. The molecule has 1 atom stereocenters. The molecule has 2 fully saturated rings. The molecule has 0 radical (unpaired) electrons. The SMILES string of the molecule is CN(Cc1ccc(OCCCN2CCCC2=O)cc1)C[C@]1(O)CCCN(c2cnccn2)C1.